The summed E-state index contributed by atoms with van der Waals surface area (Å²) < 4.78 is 0. The third-order valence-corrected chi connectivity index (χ3v) is 5.38. The first-order valence-corrected chi connectivity index (χ1v) is 10.8. The van der Waals surface area contributed by atoms with E-state index in [4.69, 9.17) is 10.2 Å². The molecule has 0 radical (unpaired) electrons. The zero-order chi connectivity index (χ0) is 21.5. The van der Waals surface area contributed by atoms with Crippen molar-refractivity contribution in [3.63, 3.8) is 0 Å². The number of nitrogens with zero attached hydrogens (tertiary/aromatic N) is 5. The van der Waals surface area contributed by atoms with Gasteiger partial charge < -0.3 is 15.5 Å². The highest BCUT2D eigenvalue weighted by Crippen LogP contribution is 2.23. The molecule has 0 saturated carbocycles. The number of hydrogen-bond donors (Lipinski definition) is 2. The molecule has 1 saturated heterocycles. The van der Waals surface area contributed by atoms with E-state index in [-0.39, 0.29) is 0 Å². The lowest BCUT2D eigenvalue weighted by Crippen LogP contribution is -2.32. The Kier molecular flexibility index (Phi) is 6.70. The van der Waals surface area contributed by atoms with Gasteiger partial charge in [-0.25, -0.2) is 4.98 Å². The number of benzene rings is 1. The van der Waals surface area contributed by atoms with E-state index in [9.17, 15) is 0 Å². The number of aryl methyl sites for hydroxylation is 1. The van der Waals surface area contributed by atoms with Crippen molar-refractivity contribution in [1.29, 1.82) is 5.26 Å². The summed E-state index contributed by atoms with van der Waals surface area (Å²) in [6, 6.07) is 16.2. The van der Waals surface area contributed by atoms with E-state index in [0.29, 0.717) is 17.6 Å². The second kappa shape index (κ2) is 10.0. The summed E-state index contributed by atoms with van der Waals surface area (Å²) in [6.45, 7) is 4.87. The summed E-state index contributed by atoms with van der Waals surface area (Å²) in [6.07, 6.45) is 6.66. The molecule has 2 aromatic heterocycles. The minimum Gasteiger partial charge on any atom is -0.355 e. The molecule has 1 aliphatic heterocycles. The SMILES string of the molecule is CCCc1cc(N2CC[C@H](NCc3ccncc3)C2)nc(Nc2cccc(C#N)c2)n1. The minimum absolute atomic E-state index is 0.418. The number of aromatic nitrogens is 3. The Morgan fingerprint density at radius 3 is 2.84 bits per heavy atom. The van der Waals surface area contributed by atoms with Gasteiger partial charge in [-0.05, 0) is 48.7 Å². The van der Waals surface area contributed by atoms with Gasteiger partial charge in [-0.3, -0.25) is 4.98 Å². The van der Waals surface area contributed by atoms with Crippen molar-refractivity contribution < 1.29 is 0 Å². The molecule has 0 unspecified atom stereocenters. The molecule has 7 heteroatoms. The molecule has 0 spiro atoms. The molecule has 7 nitrogen and oxygen atoms in total. The van der Waals surface area contributed by atoms with Gasteiger partial charge in [0.2, 0.25) is 5.95 Å². The maximum absolute atomic E-state index is 9.15. The van der Waals surface area contributed by atoms with Crippen LogP contribution < -0.4 is 15.5 Å². The summed E-state index contributed by atoms with van der Waals surface area (Å²) in [5.41, 5.74) is 3.70. The van der Waals surface area contributed by atoms with E-state index in [1.165, 1.54) is 5.56 Å². The van der Waals surface area contributed by atoms with E-state index in [1.54, 1.807) is 6.07 Å². The number of hydrogen-bond acceptors (Lipinski definition) is 7. The molecule has 1 aromatic carbocycles. The summed E-state index contributed by atoms with van der Waals surface area (Å²) in [5, 5.41) is 16.1. The topological polar surface area (TPSA) is 89.8 Å². The van der Waals surface area contributed by atoms with Gasteiger partial charge >= 0.3 is 0 Å². The largest absolute Gasteiger partial charge is 0.355 e. The summed E-state index contributed by atoms with van der Waals surface area (Å²) in [7, 11) is 0. The van der Waals surface area contributed by atoms with Crippen LogP contribution in [0, 0.1) is 11.3 Å². The van der Waals surface area contributed by atoms with E-state index < -0.39 is 0 Å². The van der Waals surface area contributed by atoms with Crippen molar-refractivity contribution in [3.8, 4) is 6.07 Å². The highest BCUT2D eigenvalue weighted by molar-refractivity contribution is 5.58. The Morgan fingerprint density at radius 1 is 1.16 bits per heavy atom. The van der Waals surface area contributed by atoms with Crippen LogP contribution in [0.25, 0.3) is 0 Å². The van der Waals surface area contributed by atoms with Crippen LogP contribution in [0.5, 0.6) is 0 Å². The highest BCUT2D eigenvalue weighted by atomic mass is 15.3. The van der Waals surface area contributed by atoms with Crippen LogP contribution in [0.1, 0.15) is 36.6 Å². The van der Waals surface area contributed by atoms with Gasteiger partial charge in [-0.2, -0.15) is 10.2 Å². The smallest absolute Gasteiger partial charge is 0.229 e. The van der Waals surface area contributed by atoms with Crippen LogP contribution in [-0.2, 0) is 13.0 Å². The maximum Gasteiger partial charge on any atom is 0.229 e. The molecule has 0 amide bonds. The number of nitriles is 1. The maximum atomic E-state index is 9.15. The van der Waals surface area contributed by atoms with Crippen LogP contribution in [-0.4, -0.2) is 34.1 Å². The molecule has 0 bridgehead atoms. The van der Waals surface area contributed by atoms with Gasteiger partial charge in [0.05, 0.1) is 11.6 Å². The highest BCUT2D eigenvalue weighted by Gasteiger charge is 2.24. The number of rotatable bonds is 8. The molecular weight excluding hydrogens is 386 g/mol. The molecule has 3 aromatic rings. The Hall–Kier alpha value is -3.50. The Balaban J connectivity index is 1.46. The lowest BCUT2D eigenvalue weighted by atomic mass is 10.2. The fourth-order valence-corrected chi connectivity index (χ4v) is 3.78. The van der Waals surface area contributed by atoms with E-state index in [0.717, 1.165) is 56.1 Å². The molecule has 31 heavy (non-hydrogen) atoms. The van der Waals surface area contributed by atoms with Gasteiger partial charge in [0.25, 0.3) is 0 Å². The van der Waals surface area contributed by atoms with E-state index >= 15 is 0 Å². The van der Waals surface area contributed by atoms with Crippen molar-refractivity contribution in [1.82, 2.24) is 20.3 Å². The van der Waals surface area contributed by atoms with Gasteiger partial charge in [-0.15, -0.1) is 0 Å². The lowest BCUT2D eigenvalue weighted by Gasteiger charge is -2.20. The molecule has 0 aliphatic carbocycles. The van der Waals surface area contributed by atoms with Crippen LogP contribution in [0.3, 0.4) is 0 Å². The van der Waals surface area contributed by atoms with Crippen molar-refractivity contribution in [2.24, 2.45) is 0 Å². The summed E-state index contributed by atoms with van der Waals surface area (Å²) >= 11 is 0. The summed E-state index contributed by atoms with van der Waals surface area (Å²) in [5.74, 6) is 1.52. The minimum atomic E-state index is 0.418. The first-order valence-electron chi connectivity index (χ1n) is 10.8. The Bertz CT molecular complexity index is 1050. The number of pyridine rings is 1. The molecule has 3 heterocycles. The quantitative estimate of drug-likeness (QED) is 0.580. The van der Waals surface area contributed by atoms with Crippen LogP contribution >= 0.6 is 0 Å². The van der Waals surface area contributed by atoms with Crippen molar-refractivity contribution >= 4 is 17.5 Å². The number of anilines is 3. The molecule has 1 atom stereocenters. The Labute approximate surface area is 183 Å². The van der Waals surface area contributed by atoms with Crippen LogP contribution in [0.15, 0.2) is 54.9 Å². The molecule has 158 valence electrons. The third kappa shape index (κ3) is 5.56. The molecule has 4 rings (SSSR count). The predicted molar refractivity (Wildman–Crippen MR) is 122 cm³/mol. The Morgan fingerprint density at radius 2 is 2.03 bits per heavy atom. The fraction of sp³-hybridized carbons (Fsp3) is 0.333. The average molecular weight is 414 g/mol. The van der Waals surface area contributed by atoms with Crippen LogP contribution in [0.2, 0.25) is 0 Å². The van der Waals surface area contributed by atoms with Gasteiger partial charge in [0.15, 0.2) is 0 Å². The van der Waals surface area contributed by atoms with Gasteiger partial charge in [0, 0.05) is 55.5 Å². The molecular formula is C24H27N7. The fourth-order valence-electron chi connectivity index (χ4n) is 3.78. The second-order valence-corrected chi connectivity index (χ2v) is 7.78. The van der Waals surface area contributed by atoms with Gasteiger partial charge in [0.1, 0.15) is 5.82 Å². The zero-order valence-corrected chi connectivity index (χ0v) is 17.8. The standard InChI is InChI=1S/C24H27N7/c1-2-4-20-14-23(30-24(28-20)29-21-6-3-5-19(13-21)15-25)31-12-9-22(17-31)27-16-18-7-10-26-11-8-18/h3,5-8,10-11,13-14,22,27H,2,4,9,12,16-17H2,1H3,(H,28,29,30)/t22-/m0/s1. The normalized spacial score (nSPS) is 15.6. The summed E-state index contributed by atoms with van der Waals surface area (Å²) in [4.78, 5) is 15.9. The van der Waals surface area contributed by atoms with Crippen LogP contribution in [0.4, 0.5) is 17.5 Å². The lowest BCUT2D eigenvalue weighted by molar-refractivity contribution is 0.551. The van der Waals surface area contributed by atoms with E-state index in [1.807, 2.05) is 42.7 Å². The molecule has 1 aliphatic rings. The number of nitrogens with one attached hydrogen (secondary N) is 2. The first-order chi connectivity index (χ1) is 15.2. The van der Waals surface area contributed by atoms with Crippen molar-refractivity contribution in [2.75, 3.05) is 23.3 Å². The first kappa shape index (κ1) is 20.8. The third-order valence-electron chi connectivity index (χ3n) is 5.38. The predicted octanol–water partition coefficient (Wildman–Crippen LogP) is 3.81. The van der Waals surface area contributed by atoms with Gasteiger partial charge in [-0.1, -0.05) is 19.4 Å². The van der Waals surface area contributed by atoms with Crippen molar-refractivity contribution in [2.45, 2.75) is 38.8 Å². The molecule has 1 fully saturated rings. The monoisotopic (exact) mass is 413 g/mol. The molecule has 2 N–H and O–H groups in total. The van der Waals surface area contributed by atoms with E-state index in [2.05, 4.69) is 44.6 Å². The van der Waals surface area contributed by atoms with Crippen molar-refractivity contribution in [3.05, 3.63) is 71.7 Å². The zero-order valence-electron chi connectivity index (χ0n) is 17.8. The average Bonchev–Trinajstić information content (AvgIpc) is 3.28. The second-order valence-electron chi connectivity index (χ2n) is 7.78.